The molecule has 0 heterocycles. The van der Waals surface area contributed by atoms with Crippen LogP contribution in [0.4, 0.5) is 5.69 Å². The molecule has 0 radical (unpaired) electrons. The predicted molar refractivity (Wildman–Crippen MR) is 94.9 cm³/mol. The van der Waals surface area contributed by atoms with Crippen LogP contribution in [0.5, 0.6) is 0 Å². The average Bonchev–Trinajstić information content (AvgIpc) is 2.43. The molecule has 0 aliphatic carbocycles. The Hall–Kier alpha value is -1.87. The Morgan fingerprint density at radius 1 is 1.00 bits per heavy atom. The highest BCUT2D eigenvalue weighted by Crippen LogP contribution is 2.19. The first-order chi connectivity index (χ1) is 9.97. The lowest BCUT2D eigenvalue weighted by Gasteiger charge is -2.20. The molecule has 0 bridgehead atoms. The minimum absolute atomic E-state index is 0.177. The van der Waals surface area contributed by atoms with E-state index in [0.29, 0.717) is 5.11 Å². The standard InChI is InChI=1S/C18H22N2S/c1-12-9-10-14(3)17(11-12)20-18(21)19-15(4)16-8-6-5-7-13(16)2/h5-11,15H,1-4H3,(H2,19,20,21)/t15-/m0/s1. The molecule has 0 spiro atoms. The molecule has 2 N–H and O–H groups in total. The van der Waals surface area contributed by atoms with Gasteiger partial charge in [0.25, 0.3) is 0 Å². The van der Waals surface area contributed by atoms with Gasteiger partial charge < -0.3 is 10.6 Å². The summed E-state index contributed by atoms with van der Waals surface area (Å²) in [4.78, 5) is 0. The second kappa shape index (κ2) is 6.72. The maximum atomic E-state index is 5.44. The molecule has 2 aromatic rings. The van der Waals surface area contributed by atoms with E-state index in [2.05, 4.69) is 80.8 Å². The third-order valence-corrected chi connectivity index (χ3v) is 3.86. The third kappa shape index (κ3) is 4.05. The van der Waals surface area contributed by atoms with Crippen molar-refractivity contribution in [1.82, 2.24) is 5.32 Å². The van der Waals surface area contributed by atoms with Crippen molar-refractivity contribution in [2.75, 3.05) is 5.32 Å². The maximum absolute atomic E-state index is 5.44. The van der Waals surface area contributed by atoms with E-state index in [4.69, 9.17) is 12.2 Å². The van der Waals surface area contributed by atoms with Crippen molar-refractivity contribution in [2.24, 2.45) is 0 Å². The first kappa shape index (κ1) is 15.5. The molecule has 1 atom stereocenters. The summed E-state index contributed by atoms with van der Waals surface area (Å²) in [6.45, 7) is 8.40. The van der Waals surface area contributed by atoms with E-state index in [-0.39, 0.29) is 6.04 Å². The highest BCUT2D eigenvalue weighted by atomic mass is 32.1. The van der Waals surface area contributed by atoms with Gasteiger partial charge in [-0.1, -0.05) is 36.4 Å². The number of rotatable bonds is 3. The number of anilines is 1. The summed E-state index contributed by atoms with van der Waals surface area (Å²) in [5, 5.41) is 7.30. The van der Waals surface area contributed by atoms with Crippen LogP contribution in [0.2, 0.25) is 0 Å². The number of hydrogen-bond donors (Lipinski definition) is 2. The van der Waals surface area contributed by atoms with Gasteiger partial charge in [0, 0.05) is 5.69 Å². The first-order valence-electron chi connectivity index (χ1n) is 7.17. The second-order valence-corrected chi connectivity index (χ2v) is 5.90. The molecule has 2 rings (SSSR count). The number of benzene rings is 2. The SMILES string of the molecule is Cc1ccc(C)c(NC(=S)N[C@@H](C)c2ccccc2C)c1. The van der Waals surface area contributed by atoms with Crippen molar-refractivity contribution in [3.05, 3.63) is 64.7 Å². The quantitative estimate of drug-likeness (QED) is 0.806. The van der Waals surface area contributed by atoms with Gasteiger partial charge in [-0.05, 0) is 68.2 Å². The Morgan fingerprint density at radius 3 is 2.43 bits per heavy atom. The van der Waals surface area contributed by atoms with Crippen LogP contribution in [-0.4, -0.2) is 5.11 Å². The predicted octanol–water partition coefficient (Wildman–Crippen LogP) is 4.66. The summed E-state index contributed by atoms with van der Waals surface area (Å²) >= 11 is 5.44. The molecular formula is C18H22N2S. The number of nitrogens with one attached hydrogen (secondary N) is 2. The molecule has 21 heavy (non-hydrogen) atoms. The molecular weight excluding hydrogens is 276 g/mol. The largest absolute Gasteiger partial charge is 0.356 e. The van der Waals surface area contributed by atoms with Gasteiger partial charge in [0.2, 0.25) is 0 Å². The number of hydrogen-bond acceptors (Lipinski definition) is 1. The summed E-state index contributed by atoms with van der Waals surface area (Å²) < 4.78 is 0. The monoisotopic (exact) mass is 298 g/mol. The molecule has 2 aromatic carbocycles. The molecule has 0 saturated heterocycles. The Bertz CT molecular complexity index is 649. The molecule has 0 aliphatic rings. The molecule has 0 fully saturated rings. The van der Waals surface area contributed by atoms with E-state index in [0.717, 1.165) is 5.69 Å². The molecule has 0 saturated carbocycles. The fraction of sp³-hybridized carbons (Fsp3) is 0.278. The van der Waals surface area contributed by atoms with Crippen LogP contribution in [0, 0.1) is 20.8 Å². The van der Waals surface area contributed by atoms with Crippen molar-refractivity contribution in [3.63, 3.8) is 0 Å². The van der Waals surface area contributed by atoms with E-state index in [1.54, 1.807) is 0 Å². The van der Waals surface area contributed by atoms with Gasteiger partial charge in [0.05, 0.1) is 6.04 Å². The Kier molecular flexibility index (Phi) is 4.97. The highest BCUT2D eigenvalue weighted by molar-refractivity contribution is 7.80. The van der Waals surface area contributed by atoms with Crippen LogP contribution in [0.1, 0.15) is 35.2 Å². The minimum Gasteiger partial charge on any atom is -0.356 e. The van der Waals surface area contributed by atoms with Crippen molar-refractivity contribution >= 4 is 23.0 Å². The average molecular weight is 298 g/mol. The molecule has 0 unspecified atom stereocenters. The molecule has 2 nitrogen and oxygen atoms in total. The number of aryl methyl sites for hydroxylation is 3. The Balaban J connectivity index is 2.05. The fourth-order valence-electron chi connectivity index (χ4n) is 2.38. The van der Waals surface area contributed by atoms with Gasteiger partial charge in [-0.25, -0.2) is 0 Å². The van der Waals surface area contributed by atoms with Crippen LogP contribution in [-0.2, 0) is 0 Å². The molecule has 3 heteroatoms. The van der Waals surface area contributed by atoms with Crippen molar-refractivity contribution in [3.8, 4) is 0 Å². The van der Waals surface area contributed by atoms with Gasteiger partial charge in [-0.2, -0.15) is 0 Å². The number of thiocarbonyl (C=S) groups is 1. The van der Waals surface area contributed by atoms with E-state index < -0.39 is 0 Å². The highest BCUT2D eigenvalue weighted by Gasteiger charge is 2.09. The van der Waals surface area contributed by atoms with Gasteiger partial charge in [0.15, 0.2) is 5.11 Å². The fourth-order valence-corrected chi connectivity index (χ4v) is 2.66. The normalized spacial score (nSPS) is 11.8. The Morgan fingerprint density at radius 2 is 1.71 bits per heavy atom. The summed E-state index contributed by atoms with van der Waals surface area (Å²) in [5.41, 5.74) is 6.00. The zero-order valence-corrected chi connectivity index (χ0v) is 13.8. The van der Waals surface area contributed by atoms with Crippen molar-refractivity contribution < 1.29 is 0 Å². The van der Waals surface area contributed by atoms with Gasteiger partial charge >= 0.3 is 0 Å². The maximum Gasteiger partial charge on any atom is 0.171 e. The van der Waals surface area contributed by atoms with E-state index in [1.807, 2.05) is 0 Å². The second-order valence-electron chi connectivity index (χ2n) is 5.50. The zero-order chi connectivity index (χ0) is 15.4. The Labute approximate surface area is 132 Å². The van der Waals surface area contributed by atoms with Crippen LogP contribution in [0.15, 0.2) is 42.5 Å². The lowest BCUT2D eigenvalue weighted by atomic mass is 10.0. The molecule has 110 valence electrons. The van der Waals surface area contributed by atoms with Crippen LogP contribution < -0.4 is 10.6 Å². The smallest absolute Gasteiger partial charge is 0.171 e. The van der Waals surface area contributed by atoms with Crippen LogP contribution in [0.25, 0.3) is 0 Å². The lowest BCUT2D eigenvalue weighted by Crippen LogP contribution is -2.31. The lowest BCUT2D eigenvalue weighted by molar-refractivity contribution is 0.717. The van der Waals surface area contributed by atoms with Crippen LogP contribution >= 0.6 is 12.2 Å². The molecule has 0 amide bonds. The zero-order valence-electron chi connectivity index (χ0n) is 13.0. The summed E-state index contributed by atoms with van der Waals surface area (Å²) in [6.07, 6.45) is 0. The minimum atomic E-state index is 0.177. The van der Waals surface area contributed by atoms with Crippen molar-refractivity contribution in [2.45, 2.75) is 33.7 Å². The summed E-state index contributed by atoms with van der Waals surface area (Å²) in [6, 6.07) is 14.9. The summed E-state index contributed by atoms with van der Waals surface area (Å²) in [5.74, 6) is 0. The van der Waals surface area contributed by atoms with Gasteiger partial charge in [-0.15, -0.1) is 0 Å². The molecule has 0 aliphatic heterocycles. The first-order valence-corrected chi connectivity index (χ1v) is 7.58. The van der Waals surface area contributed by atoms with E-state index in [1.165, 1.54) is 22.3 Å². The van der Waals surface area contributed by atoms with Crippen molar-refractivity contribution in [1.29, 1.82) is 0 Å². The van der Waals surface area contributed by atoms with E-state index in [9.17, 15) is 0 Å². The topological polar surface area (TPSA) is 24.1 Å². The van der Waals surface area contributed by atoms with Gasteiger partial charge in [-0.3, -0.25) is 0 Å². The van der Waals surface area contributed by atoms with Crippen LogP contribution in [0.3, 0.4) is 0 Å². The third-order valence-electron chi connectivity index (χ3n) is 3.64. The molecule has 0 aromatic heterocycles. The van der Waals surface area contributed by atoms with E-state index >= 15 is 0 Å². The summed E-state index contributed by atoms with van der Waals surface area (Å²) in [7, 11) is 0. The van der Waals surface area contributed by atoms with Gasteiger partial charge in [0.1, 0.15) is 0 Å².